The van der Waals surface area contributed by atoms with Gasteiger partial charge in [0.05, 0.1) is 10.7 Å². The van der Waals surface area contributed by atoms with Gasteiger partial charge in [0.2, 0.25) is 0 Å². The van der Waals surface area contributed by atoms with E-state index in [4.69, 9.17) is 0 Å². The highest BCUT2D eigenvalue weighted by molar-refractivity contribution is 7.11. The summed E-state index contributed by atoms with van der Waals surface area (Å²) < 4.78 is 0. The molecule has 0 radical (unpaired) electrons. The highest BCUT2D eigenvalue weighted by Gasteiger charge is 2.23. The van der Waals surface area contributed by atoms with E-state index in [0.29, 0.717) is 12.1 Å². The molecule has 1 aromatic rings. The SMILES string of the molecule is Cc1nc(C(C)NCC2CN(C)CCN2C)c(C)s1. The van der Waals surface area contributed by atoms with Crippen LogP contribution in [0.1, 0.15) is 28.5 Å². The Morgan fingerprint density at radius 1 is 1.37 bits per heavy atom. The van der Waals surface area contributed by atoms with Gasteiger partial charge in [-0.25, -0.2) is 4.98 Å². The van der Waals surface area contributed by atoms with Crippen LogP contribution in [0.4, 0.5) is 0 Å². The number of aromatic nitrogens is 1. The molecule has 2 atom stereocenters. The summed E-state index contributed by atoms with van der Waals surface area (Å²) >= 11 is 1.79. The number of nitrogens with one attached hydrogen (secondary N) is 1. The third kappa shape index (κ3) is 3.75. The maximum atomic E-state index is 4.64. The van der Waals surface area contributed by atoms with Gasteiger partial charge in [0.15, 0.2) is 0 Å². The lowest BCUT2D eigenvalue weighted by molar-refractivity contribution is 0.111. The van der Waals surface area contributed by atoms with Crippen LogP contribution in [0.25, 0.3) is 0 Å². The van der Waals surface area contributed by atoms with Gasteiger partial charge in [-0.15, -0.1) is 11.3 Å². The lowest BCUT2D eigenvalue weighted by Gasteiger charge is -2.38. The lowest BCUT2D eigenvalue weighted by atomic mass is 10.1. The number of rotatable bonds is 4. The molecule has 0 aliphatic carbocycles. The van der Waals surface area contributed by atoms with Gasteiger partial charge in [-0.05, 0) is 34.9 Å². The van der Waals surface area contributed by atoms with E-state index in [1.807, 2.05) is 0 Å². The molecule has 1 aliphatic heterocycles. The van der Waals surface area contributed by atoms with Gasteiger partial charge in [-0.1, -0.05) is 0 Å². The molecule has 108 valence electrons. The second-order valence-electron chi connectivity index (χ2n) is 5.70. The van der Waals surface area contributed by atoms with Crippen LogP contribution >= 0.6 is 11.3 Å². The smallest absolute Gasteiger partial charge is 0.0900 e. The van der Waals surface area contributed by atoms with Gasteiger partial charge in [-0.2, -0.15) is 0 Å². The van der Waals surface area contributed by atoms with Gasteiger partial charge >= 0.3 is 0 Å². The molecular weight excluding hydrogens is 256 g/mol. The van der Waals surface area contributed by atoms with E-state index in [-0.39, 0.29) is 0 Å². The average molecular weight is 282 g/mol. The first kappa shape index (κ1) is 14.9. The molecule has 0 bridgehead atoms. The fourth-order valence-corrected chi connectivity index (χ4v) is 3.59. The number of hydrogen-bond acceptors (Lipinski definition) is 5. The number of nitrogens with zero attached hydrogens (tertiary/aromatic N) is 3. The van der Waals surface area contributed by atoms with Gasteiger partial charge in [0.1, 0.15) is 0 Å². The number of hydrogen-bond donors (Lipinski definition) is 1. The molecule has 2 unspecified atom stereocenters. The number of piperazine rings is 1. The molecule has 5 heteroatoms. The predicted octanol–water partition coefficient (Wildman–Crippen LogP) is 1.66. The molecule has 2 rings (SSSR count). The molecule has 1 saturated heterocycles. The fourth-order valence-electron chi connectivity index (χ4n) is 2.68. The van der Waals surface area contributed by atoms with E-state index in [2.05, 4.69) is 55.0 Å². The zero-order valence-corrected chi connectivity index (χ0v) is 13.5. The first-order valence-electron chi connectivity index (χ1n) is 7.03. The highest BCUT2D eigenvalue weighted by Crippen LogP contribution is 2.22. The summed E-state index contributed by atoms with van der Waals surface area (Å²) in [4.78, 5) is 10.8. The molecule has 0 aromatic carbocycles. The minimum absolute atomic E-state index is 0.339. The third-order valence-corrected chi connectivity index (χ3v) is 4.89. The van der Waals surface area contributed by atoms with Crippen molar-refractivity contribution in [2.75, 3.05) is 40.3 Å². The van der Waals surface area contributed by atoms with Gasteiger partial charge in [0, 0.05) is 43.1 Å². The summed E-state index contributed by atoms with van der Waals surface area (Å²) in [6, 6.07) is 0.937. The summed E-state index contributed by atoms with van der Waals surface area (Å²) in [5.74, 6) is 0. The van der Waals surface area contributed by atoms with Crippen LogP contribution in [0.5, 0.6) is 0 Å². The van der Waals surface area contributed by atoms with Crippen LogP contribution in [0.15, 0.2) is 0 Å². The van der Waals surface area contributed by atoms with Crippen molar-refractivity contribution in [3.63, 3.8) is 0 Å². The minimum atomic E-state index is 0.339. The van der Waals surface area contributed by atoms with Crippen molar-refractivity contribution in [1.29, 1.82) is 0 Å². The summed E-state index contributed by atoms with van der Waals surface area (Å²) in [5.41, 5.74) is 1.22. The summed E-state index contributed by atoms with van der Waals surface area (Å²) in [6.07, 6.45) is 0. The molecule has 4 nitrogen and oxygen atoms in total. The molecule has 0 saturated carbocycles. The van der Waals surface area contributed by atoms with E-state index < -0.39 is 0 Å². The summed E-state index contributed by atoms with van der Waals surface area (Å²) in [7, 11) is 4.43. The van der Waals surface area contributed by atoms with Gasteiger partial charge < -0.3 is 10.2 Å². The van der Waals surface area contributed by atoms with Crippen molar-refractivity contribution < 1.29 is 0 Å². The van der Waals surface area contributed by atoms with Crippen LogP contribution in [0, 0.1) is 13.8 Å². The van der Waals surface area contributed by atoms with E-state index in [0.717, 1.165) is 24.6 Å². The standard InChI is InChI=1S/C14H26N4S/c1-10(14-11(2)19-12(3)16-14)15-8-13-9-17(4)6-7-18(13)5/h10,13,15H,6-9H2,1-5H3. The molecule has 2 heterocycles. The first-order valence-corrected chi connectivity index (χ1v) is 7.85. The Labute approximate surface area is 120 Å². The van der Waals surface area contributed by atoms with E-state index in [1.54, 1.807) is 11.3 Å². The predicted molar refractivity (Wildman–Crippen MR) is 81.9 cm³/mol. The zero-order valence-electron chi connectivity index (χ0n) is 12.7. The van der Waals surface area contributed by atoms with E-state index in [9.17, 15) is 0 Å². The summed E-state index contributed by atoms with van der Waals surface area (Å²) in [6.45, 7) is 11.0. The van der Waals surface area contributed by atoms with Crippen molar-refractivity contribution >= 4 is 11.3 Å². The number of thiazole rings is 1. The highest BCUT2D eigenvalue weighted by atomic mass is 32.1. The van der Waals surface area contributed by atoms with Gasteiger partial charge in [0.25, 0.3) is 0 Å². The van der Waals surface area contributed by atoms with Crippen molar-refractivity contribution in [2.24, 2.45) is 0 Å². The molecule has 0 amide bonds. The largest absolute Gasteiger partial charge is 0.307 e. The van der Waals surface area contributed by atoms with Crippen LogP contribution < -0.4 is 5.32 Å². The second kappa shape index (κ2) is 6.31. The zero-order chi connectivity index (χ0) is 14.0. The average Bonchev–Trinajstić information content (AvgIpc) is 2.69. The van der Waals surface area contributed by atoms with Crippen molar-refractivity contribution in [3.8, 4) is 0 Å². The minimum Gasteiger partial charge on any atom is -0.307 e. The van der Waals surface area contributed by atoms with Crippen LogP contribution in [-0.4, -0.2) is 61.1 Å². The van der Waals surface area contributed by atoms with Crippen LogP contribution in [0.2, 0.25) is 0 Å². The first-order chi connectivity index (χ1) is 8.97. The van der Waals surface area contributed by atoms with Crippen LogP contribution in [0.3, 0.4) is 0 Å². The molecule has 1 aromatic heterocycles. The Morgan fingerprint density at radius 3 is 2.74 bits per heavy atom. The Kier molecular flexibility index (Phi) is 4.95. The molecule has 1 aliphatic rings. The monoisotopic (exact) mass is 282 g/mol. The molecule has 1 N–H and O–H groups in total. The third-order valence-electron chi connectivity index (χ3n) is 3.99. The molecular formula is C14H26N4S. The maximum absolute atomic E-state index is 4.64. The number of likely N-dealkylation sites (N-methyl/N-ethyl adjacent to an activating group) is 2. The molecule has 0 spiro atoms. The van der Waals surface area contributed by atoms with Crippen molar-refractivity contribution in [3.05, 3.63) is 15.6 Å². The maximum Gasteiger partial charge on any atom is 0.0900 e. The second-order valence-corrected chi connectivity index (χ2v) is 7.11. The Bertz CT molecular complexity index is 418. The molecule has 1 fully saturated rings. The normalized spacial score (nSPS) is 23.7. The fraction of sp³-hybridized carbons (Fsp3) is 0.786. The van der Waals surface area contributed by atoms with Gasteiger partial charge in [-0.3, -0.25) is 4.90 Å². The topological polar surface area (TPSA) is 31.4 Å². The van der Waals surface area contributed by atoms with E-state index in [1.165, 1.54) is 17.1 Å². The Hall–Kier alpha value is -0.490. The lowest BCUT2D eigenvalue weighted by Crippen LogP contribution is -2.53. The van der Waals surface area contributed by atoms with Crippen LogP contribution in [-0.2, 0) is 0 Å². The number of aryl methyl sites for hydroxylation is 2. The quantitative estimate of drug-likeness (QED) is 0.910. The van der Waals surface area contributed by atoms with Crippen molar-refractivity contribution in [1.82, 2.24) is 20.1 Å². The Balaban J connectivity index is 1.89. The van der Waals surface area contributed by atoms with E-state index >= 15 is 0 Å². The summed E-state index contributed by atoms with van der Waals surface area (Å²) in [5, 5.41) is 4.81. The van der Waals surface area contributed by atoms with Crippen molar-refractivity contribution in [2.45, 2.75) is 32.9 Å². The molecule has 19 heavy (non-hydrogen) atoms. The Morgan fingerprint density at radius 2 is 2.11 bits per heavy atom.